The maximum absolute atomic E-state index is 11.3. The highest BCUT2D eigenvalue weighted by atomic mass is 79.9. The Labute approximate surface area is 116 Å². The number of ether oxygens (including phenoxy) is 1. The van der Waals surface area contributed by atoms with E-state index >= 15 is 0 Å². The lowest BCUT2D eigenvalue weighted by Gasteiger charge is -2.07. The van der Waals surface area contributed by atoms with E-state index in [9.17, 15) is 9.59 Å². The van der Waals surface area contributed by atoms with Crippen LogP contribution in [0.4, 0.5) is 0 Å². The zero-order chi connectivity index (χ0) is 14.0. The van der Waals surface area contributed by atoms with Crippen molar-refractivity contribution in [2.24, 2.45) is 0 Å². The normalized spacial score (nSPS) is 10.2. The molecule has 0 radical (unpaired) electrons. The molecule has 2 N–H and O–H groups in total. The highest BCUT2D eigenvalue weighted by Crippen LogP contribution is 2.29. The second-order valence-corrected chi connectivity index (χ2v) is 4.58. The summed E-state index contributed by atoms with van der Waals surface area (Å²) in [6.07, 6.45) is 0. The fraction of sp³-hybridized carbons (Fsp3) is 0.0833. The predicted molar refractivity (Wildman–Crippen MR) is 70.8 cm³/mol. The van der Waals surface area contributed by atoms with Crippen molar-refractivity contribution < 1.29 is 14.6 Å². The van der Waals surface area contributed by atoms with Crippen molar-refractivity contribution >= 4 is 21.9 Å². The zero-order valence-corrected chi connectivity index (χ0v) is 11.4. The third kappa shape index (κ3) is 3.19. The zero-order valence-electron chi connectivity index (χ0n) is 9.81. The molecule has 98 valence electrons. The number of nitrogens with one attached hydrogen (secondary N) is 1. The minimum absolute atomic E-state index is 0.0831. The van der Waals surface area contributed by atoms with Crippen LogP contribution in [0.3, 0.4) is 0 Å². The molecule has 2 rings (SSSR count). The summed E-state index contributed by atoms with van der Waals surface area (Å²) in [5.74, 6) is -0.276. The number of benzene rings is 1. The van der Waals surface area contributed by atoms with Crippen LogP contribution in [0.25, 0.3) is 0 Å². The van der Waals surface area contributed by atoms with Crippen molar-refractivity contribution in [3.8, 4) is 11.6 Å². The third-order valence-corrected chi connectivity index (χ3v) is 2.88. The molecule has 0 fully saturated rings. The van der Waals surface area contributed by atoms with Gasteiger partial charge in [-0.05, 0) is 41.1 Å². The van der Waals surface area contributed by atoms with Gasteiger partial charge in [-0.15, -0.1) is 0 Å². The number of aromatic amines is 1. The van der Waals surface area contributed by atoms with Gasteiger partial charge in [0, 0.05) is 0 Å². The first-order chi connectivity index (χ1) is 8.95. The Morgan fingerprint density at radius 1 is 1.42 bits per heavy atom. The Morgan fingerprint density at radius 2 is 2.16 bits per heavy atom. The lowest BCUT2D eigenvalue weighted by atomic mass is 10.2. The maximum Gasteiger partial charge on any atom is 0.335 e. The van der Waals surface area contributed by atoms with Crippen molar-refractivity contribution in [2.45, 2.75) is 6.92 Å². The van der Waals surface area contributed by atoms with Gasteiger partial charge >= 0.3 is 5.97 Å². The van der Waals surface area contributed by atoms with E-state index in [4.69, 9.17) is 9.84 Å². The molecule has 0 aliphatic rings. The molecule has 0 aliphatic heterocycles. The van der Waals surface area contributed by atoms with E-state index in [1.165, 1.54) is 18.2 Å². The lowest BCUT2D eigenvalue weighted by Crippen LogP contribution is -2.08. The summed E-state index contributed by atoms with van der Waals surface area (Å²) in [6.45, 7) is 1.62. The van der Waals surface area contributed by atoms with E-state index in [1.807, 2.05) is 0 Å². The van der Waals surface area contributed by atoms with Crippen LogP contribution in [0.15, 0.2) is 33.5 Å². The van der Waals surface area contributed by atoms with Crippen LogP contribution in [-0.2, 0) is 0 Å². The quantitative estimate of drug-likeness (QED) is 0.903. The second-order valence-electron chi connectivity index (χ2n) is 3.72. The molecule has 0 saturated carbocycles. The van der Waals surface area contributed by atoms with E-state index in [0.29, 0.717) is 10.3 Å². The number of aryl methyl sites for hydroxylation is 1. The summed E-state index contributed by atoms with van der Waals surface area (Å²) in [6, 6.07) is 5.53. The van der Waals surface area contributed by atoms with Gasteiger partial charge < -0.3 is 14.8 Å². The minimum atomic E-state index is -1.06. The molecule has 1 aromatic carbocycles. The van der Waals surface area contributed by atoms with Crippen molar-refractivity contribution in [3.63, 3.8) is 0 Å². The fourth-order valence-electron chi connectivity index (χ4n) is 1.43. The van der Waals surface area contributed by atoms with Crippen LogP contribution in [-0.4, -0.2) is 21.0 Å². The molecule has 0 bridgehead atoms. The number of H-pyrrole nitrogens is 1. The average Bonchev–Trinajstić information content (AvgIpc) is 2.30. The SMILES string of the molecule is Cc1nc(Oc2cc(C(=O)O)ccc2Br)cc(=O)[nH]1. The number of halogens is 1. The number of aromatic nitrogens is 2. The molecular formula is C12H9BrN2O4. The van der Waals surface area contributed by atoms with E-state index in [-0.39, 0.29) is 22.8 Å². The second kappa shape index (κ2) is 5.23. The molecule has 7 heteroatoms. The molecule has 0 atom stereocenters. The molecule has 0 spiro atoms. The Kier molecular flexibility index (Phi) is 3.66. The number of hydrogen-bond donors (Lipinski definition) is 2. The summed E-state index contributed by atoms with van der Waals surface area (Å²) in [4.78, 5) is 28.7. The first-order valence-electron chi connectivity index (χ1n) is 5.24. The highest BCUT2D eigenvalue weighted by Gasteiger charge is 2.10. The highest BCUT2D eigenvalue weighted by molar-refractivity contribution is 9.10. The molecule has 19 heavy (non-hydrogen) atoms. The molecule has 0 amide bonds. The fourth-order valence-corrected chi connectivity index (χ4v) is 1.76. The largest absolute Gasteiger partial charge is 0.478 e. The first kappa shape index (κ1) is 13.3. The molecule has 1 aromatic heterocycles. The van der Waals surface area contributed by atoms with Gasteiger partial charge in [-0.1, -0.05) is 0 Å². The van der Waals surface area contributed by atoms with Crippen LogP contribution in [0.5, 0.6) is 11.6 Å². The summed E-state index contributed by atoms with van der Waals surface area (Å²) in [5.41, 5.74) is -0.257. The van der Waals surface area contributed by atoms with E-state index in [1.54, 1.807) is 13.0 Å². The number of carboxylic acid groups (broad SMARTS) is 1. The molecule has 0 unspecified atom stereocenters. The average molecular weight is 325 g/mol. The summed E-state index contributed by atoms with van der Waals surface area (Å²) >= 11 is 3.24. The van der Waals surface area contributed by atoms with Gasteiger partial charge in [-0.25, -0.2) is 9.78 Å². The number of aromatic carboxylic acids is 1. The Morgan fingerprint density at radius 3 is 2.79 bits per heavy atom. The number of rotatable bonds is 3. The van der Waals surface area contributed by atoms with Gasteiger partial charge in [0.25, 0.3) is 5.56 Å². The monoisotopic (exact) mass is 324 g/mol. The summed E-state index contributed by atoms with van der Waals surface area (Å²) in [5, 5.41) is 8.91. The number of carboxylic acids is 1. The van der Waals surface area contributed by atoms with Crippen LogP contribution >= 0.6 is 15.9 Å². The van der Waals surface area contributed by atoms with Gasteiger partial charge in [0.1, 0.15) is 11.6 Å². The van der Waals surface area contributed by atoms with Gasteiger partial charge in [-0.2, -0.15) is 0 Å². The topological polar surface area (TPSA) is 92.3 Å². The van der Waals surface area contributed by atoms with Crippen LogP contribution < -0.4 is 10.3 Å². The van der Waals surface area contributed by atoms with Gasteiger partial charge in [0.2, 0.25) is 5.88 Å². The van der Waals surface area contributed by atoms with Crippen LogP contribution in [0, 0.1) is 6.92 Å². The van der Waals surface area contributed by atoms with E-state index in [0.717, 1.165) is 0 Å². The lowest BCUT2D eigenvalue weighted by molar-refractivity contribution is 0.0696. The van der Waals surface area contributed by atoms with Gasteiger partial charge in [0.15, 0.2) is 0 Å². The van der Waals surface area contributed by atoms with E-state index in [2.05, 4.69) is 25.9 Å². The summed E-state index contributed by atoms with van der Waals surface area (Å²) in [7, 11) is 0. The summed E-state index contributed by atoms with van der Waals surface area (Å²) < 4.78 is 5.99. The number of nitrogens with zero attached hydrogens (tertiary/aromatic N) is 1. The van der Waals surface area contributed by atoms with Crippen molar-refractivity contribution in [1.29, 1.82) is 0 Å². The van der Waals surface area contributed by atoms with Crippen LogP contribution in [0.2, 0.25) is 0 Å². The van der Waals surface area contributed by atoms with Crippen molar-refractivity contribution in [2.75, 3.05) is 0 Å². The Balaban J connectivity index is 2.39. The van der Waals surface area contributed by atoms with Crippen LogP contribution in [0.1, 0.15) is 16.2 Å². The maximum atomic E-state index is 11.3. The first-order valence-corrected chi connectivity index (χ1v) is 6.03. The predicted octanol–water partition coefficient (Wildman–Crippen LogP) is 2.33. The van der Waals surface area contributed by atoms with Gasteiger partial charge in [0.05, 0.1) is 16.1 Å². The van der Waals surface area contributed by atoms with E-state index < -0.39 is 5.97 Å². The van der Waals surface area contributed by atoms with Crippen molar-refractivity contribution in [3.05, 3.63) is 50.5 Å². The number of carbonyl (C=O) groups is 1. The molecular weight excluding hydrogens is 316 g/mol. The Bertz CT molecular complexity index is 696. The standard InChI is InChI=1S/C12H9BrN2O4/c1-6-14-10(16)5-11(15-6)19-9-4-7(12(17)18)2-3-8(9)13/h2-5H,1H3,(H,17,18)(H,14,15,16). The molecule has 2 aromatic rings. The minimum Gasteiger partial charge on any atom is -0.478 e. The molecule has 0 aliphatic carbocycles. The van der Waals surface area contributed by atoms with Gasteiger partial charge in [-0.3, -0.25) is 4.79 Å². The molecule has 0 saturated heterocycles. The third-order valence-electron chi connectivity index (χ3n) is 2.23. The number of hydrogen-bond acceptors (Lipinski definition) is 4. The molecule has 1 heterocycles. The van der Waals surface area contributed by atoms with Crippen molar-refractivity contribution in [1.82, 2.24) is 9.97 Å². The molecule has 6 nitrogen and oxygen atoms in total. The smallest absolute Gasteiger partial charge is 0.335 e. The Hall–Kier alpha value is -2.15.